The molecule has 1 aromatic carbocycles. The molecule has 1 fully saturated rings. The van der Waals surface area contributed by atoms with Gasteiger partial charge < -0.3 is 36.1 Å². The first-order valence-corrected chi connectivity index (χ1v) is 11.6. The average Bonchev–Trinajstić information content (AvgIpc) is 3.27. The van der Waals surface area contributed by atoms with Gasteiger partial charge in [-0.3, -0.25) is 5.41 Å². The van der Waals surface area contributed by atoms with Gasteiger partial charge in [-0.2, -0.15) is 0 Å². The number of anilines is 1. The lowest BCUT2D eigenvalue weighted by atomic mass is 9.91. The van der Waals surface area contributed by atoms with Crippen molar-refractivity contribution in [2.45, 2.75) is 57.0 Å². The molecule has 0 saturated heterocycles. The molecule has 13 heteroatoms. The van der Waals surface area contributed by atoms with Crippen LogP contribution in [0.2, 0.25) is 0 Å². The van der Waals surface area contributed by atoms with Crippen LogP contribution in [0.5, 0.6) is 0 Å². The van der Waals surface area contributed by atoms with Crippen LogP contribution in [0.3, 0.4) is 0 Å². The minimum atomic E-state index is -1.25. The number of carbonyl (C=O) groups is 2. The Bertz CT molecular complexity index is 1210. The number of aromatic nitrogens is 4. The van der Waals surface area contributed by atoms with Crippen LogP contribution >= 0.6 is 0 Å². The molecule has 1 aliphatic carbocycles. The Morgan fingerprint density at radius 3 is 2.56 bits per heavy atom. The summed E-state index contributed by atoms with van der Waals surface area (Å²) < 4.78 is 6.71. The van der Waals surface area contributed by atoms with Gasteiger partial charge in [0.25, 0.3) is 0 Å². The maximum Gasteiger partial charge on any atom is 0.408 e. The van der Waals surface area contributed by atoms with Gasteiger partial charge in [0.1, 0.15) is 24.5 Å². The van der Waals surface area contributed by atoms with E-state index in [1.807, 2.05) is 18.2 Å². The Morgan fingerprint density at radius 2 is 1.86 bits per heavy atom. The van der Waals surface area contributed by atoms with Crippen LogP contribution < -0.4 is 21.7 Å². The van der Waals surface area contributed by atoms with E-state index in [0.717, 1.165) is 31.2 Å². The van der Waals surface area contributed by atoms with E-state index in [4.69, 9.17) is 15.9 Å². The summed E-state index contributed by atoms with van der Waals surface area (Å²) in [4.78, 5) is 37.0. The van der Waals surface area contributed by atoms with Crippen LogP contribution in [0.25, 0.3) is 11.2 Å². The van der Waals surface area contributed by atoms with E-state index < -0.39 is 18.1 Å². The van der Waals surface area contributed by atoms with E-state index in [1.54, 1.807) is 16.7 Å². The summed E-state index contributed by atoms with van der Waals surface area (Å²) in [7, 11) is 0. The minimum absolute atomic E-state index is 0.0203. The van der Waals surface area contributed by atoms with Crippen molar-refractivity contribution in [3.8, 4) is 0 Å². The number of amides is 1. The summed E-state index contributed by atoms with van der Waals surface area (Å²) in [6, 6.07) is 8.21. The average molecular weight is 496 g/mol. The molecule has 0 bridgehead atoms. The quantitative estimate of drug-likeness (QED) is 0.187. The number of aliphatic carboxylic acids is 1. The number of nitrogens with zero attached hydrogens (tertiary/aromatic N) is 4. The topological polar surface area (TPSA) is 193 Å². The largest absolute Gasteiger partial charge is 0.480 e. The van der Waals surface area contributed by atoms with Crippen LogP contribution in [0.15, 0.2) is 43.0 Å². The smallest absolute Gasteiger partial charge is 0.408 e. The number of rotatable bonds is 9. The van der Waals surface area contributed by atoms with Crippen molar-refractivity contribution in [2.75, 3.05) is 5.32 Å². The molecule has 4 rings (SSSR count). The van der Waals surface area contributed by atoms with Crippen LogP contribution in [0.1, 0.15) is 31.2 Å². The maximum atomic E-state index is 12.2. The molecule has 2 aromatic heterocycles. The van der Waals surface area contributed by atoms with E-state index in [1.165, 1.54) is 12.7 Å². The Morgan fingerprint density at radius 1 is 1.14 bits per heavy atom. The lowest BCUT2D eigenvalue weighted by Gasteiger charge is -2.30. The number of fused-ring (bicyclic) bond motifs is 1. The first kappa shape index (κ1) is 24.7. The van der Waals surface area contributed by atoms with Gasteiger partial charge in [0, 0.05) is 12.1 Å². The molecule has 1 aliphatic rings. The first-order chi connectivity index (χ1) is 17.4. The highest BCUT2D eigenvalue weighted by molar-refractivity contribution is 5.83. The molecule has 1 atom stereocenters. The van der Waals surface area contributed by atoms with Crippen molar-refractivity contribution < 1.29 is 19.4 Å². The summed E-state index contributed by atoms with van der Waals surface area (Å²) >= 11 is 0. The third kappa shape index (κ3) is 6.37. The number of guanidine groups is 1. The molecule has 1 saturated carbocycles. The fourth-order valence-corrected chi connectivity index (χ4v) is 4.20. The van der Waals surface area contributed by atoms with Crippen molar-refractivity contribution >= 4 is 35.0 Å². The molecular formula is C23H29N9O4. The predicted molar refractivity (Wildman–Crippen MR) is 131 cm³/mol. The van der Waals surface area contributed by atoms with Crippen LogP contribution in [0.4, 0.5) is 10.6 Å². The number of benzene rings is 1. The number of nitrogens with two attached hydrogens (primary N) is 1. The number of hydrogen-bond acceptors (Lipinski definition) is 8. The van der Waals surface area contributed by atoms with E-state index in [0.29, 0.717) is 17.0 Å². The van der Waals surface area contributed by atoms with E-state index in [9.17, 15) is 14.7 Å². The number of alkyl carbamates (subject to hydrolysis) is 1. The molecule has 2 heterocycles. The lowest BCUT2D eigenvalue weighted by molar-refractivity contribution is -0.139. The second-order valence-corrected chi connectivity index (χ2v) is 8.64. The maximum absolute atomic E-state index is 12.2. The number of imidazole rings is 1. The van der Waals surface area contributed by atoms with Crippen LogP contribution in [-0.4, -0.2) is 60.8 Å². The van der Waals surface area contributed by atoms with E-state index in [-0.39, 0.29) is 31.2 Å². The third-order valence-corrected chi connectivity index (χ3v) is 6.01. The van der Waals surface area contributed by atoms with Gasteiger partial charge in [-0.25, -0.2) is 24.5 Å². The SMILES string of the molecule is N=C(N)NC1CCC(Nc2ncnc3c2ncn3CC(NC(=O)OCc2ccccc2)C(=O)O)CC1. The molecule has 7 N–H and O–H groups in total. The summed E-state index contributed by atoms with van der Waals surface area (Å²) in [6.07, 6.45) is 5.51. The monoisotopic (exact) mass is 495 g/mol. The highest BCUT2D eigenvalue weighted by Gasteiger charge is 2.25. The van der Waals surface area contributed by atoms with Crippen molar-refractivity contribution in [2.24, 2.45) is 5.73 Å². The standard InChI is InChI=1S/C23H29N9O4/c24-22(25)30-16-8-6-15(7-9-16)29-19-18-20(27-12-26-19)32(13-28-18)10-17(21(33)34)31-23(35)36-11-14-4-2-1-3-5-14/h1-5,12-13,15-17H,6-11H2,(H,31,35)(H,33,34)(H4,24,25,30)(H,26,27,29). The van der Waals surface area contributed by atoms with Gasteiger partial charge in [-0.05, 0) is 31.2 Å². The number of carboxylic acids is 1. The summed E-state index contributed by atoms with van der Waals surface area (Å²) in [6.45, 7) is -0.0629. The van der Waals surface area contributed by atoms with Gasteiger partial charge in [0.05, 0.1) is 12.9 Å². The van der Waals surface area contributed by atoms with Gasteiger partial charge in [0.15, 0.2) is 17.4 Å². The normalized spacial score (nSPS) is 18.2. The Hall–Kier alpha value is -4.42. The fourth-order valence-electron chi connectivity index (χ4n) is 4.20. The highest BCUT2D eigenvalue weighted by Crippen LogP contribution is 2.24. The summed E-state index contributed by atoms with van der Waals surface area (Å²) in [5.41, 5.74) is 7.18. The Balaban J connectivity index is 1.38. The van der Waals surface area contributed by atoms with Crippen LogP contribution in [0, 0.1) is 5.41 Å². The second kappa shape index (κ2) is 11.3. The van der Waals surface area contributed by atoms with E-state index >= 15 is 0 Å². The molecule has 3 aromatic rings. The van der Waals surface area contributed by atoms with Gasteiger partial charge in [-0.15, -0.1) is 0 Å². The molecule has 1 amide bonds. The molecule has 0 radical (unpaired) electrons. The van der Waals surface area contributed by atoms with Gasteiger partial charge >= 0.3 is 12.1 Å². The zero-order valence-electron chi connectivity index (χ0n) is 19.6. The molecule has 1 unspecified atom stereocenters. The molecular weight excluding hydrogens is 466 g/mol. The molecule has 0 aliphatic heterocycles. The van der Waals surface area contributed by atoms with Crippen molar-refractivity contribution in [1.82, 2.24) is 30.2 Å². The van der Waals surface area contributed by atoms with Crippen molar-refractivity contribution in [3.05, 3.63) is 48.5 Å². The van der Waals surface area contributed by atoms with Crippen molar-refractivity contribution in [1.29, 1.82) is 5.41 Å². The highest BCUT2D eigenvalue weighted by atomic mass is 16.5. The first-order valence-electron chi connectivity index (χ1n) is 11.6. The Kier molecular flexibility index (Phi) is 7.78. The van der Waals surface area contributed by atoms with Crippen molar-refractivity contribution in [3.63, 3.8) is 0 Å². The summed E-state index contributed by atoms with van der Waals surface area (Å²) in [5, 5.41) is 25.8. The lowest BCUT2D eigenvalue weighted by Crippen LogP contribution is -2.43. The van der Waals surface area contributed by atoms with E-state index in [2.05, 4.69) is 30.9 Å². The van der Waals surface area contributed by atoms with Gasteiger partial charge in [-0.1, -0.05) is 30.3 Å². The number of hydrogen-bond donors (Lipinski definition) is 6. The molecule has 0 spiro atoms. The molecule has 190 valence electrons. The minimum Gasteiger partial charge on any atom is -0.480 e. The zero-order valence-corrected chi connectivity index (χ0v) is 19.6. The summed E-state index contributed by atoms with van der Waals surface area (Å²) in [5.74, 6) is -0.672. The zero-order chi connectivity index (χ0) is 25.5. The second-order valence-electron chi connectivity index (χ2n) is 8.64. The van der Waals surface area contributed by atoms with Gasteiger partial charge in [0.2, 0.25) is 0 Å². The molecule has 13 nitrogen and oxygen atoms in total. The third-order valence-electron chi connectivity index (χ3n) is 6.01. The number of ether oxygens (including phenoxy) is 1. The fraction of sp³-hybridized carbons (Fsp3) is 0.391. The van der Waals surface area contributed by atoms with Crippen LogP contribution in [-0.2, 0) is 22.7 Å². The number of carbonyl (C=O) groups excluding carboxylic acids is 1. The predicted octanol–water partition coefficient (Wildman–Crippen LogP) is 1.41. The molecule has 36 heavy (non-hydrogen) atoms. The Labute approximate surface area is 207 Å². The number of carboxylic acid groups (broad SMARTS) is 1. The number of nitrogens with one attached hydrogen (secondary N) is 4.